The van der Waals surface area contributed by atoms with Gasteiger partial charge in [-0.2, -0.15) is 0 Å². The van der Waals surface area contributed by atoms with Gasteiger partial charge in [-0.25, -0.2) is 0 Å². The van der Waals surface area contributed by atoms with Gasteiger partial charge in [0.2, 0.25) is 0 Å². The Bertz CT molecular complexity index is 305. The zero-order valence-corrected chi connectivity index (χ0v) is 8.46. The first-order chi connectivity index (χ1) is 5.97. The molecule has 2 heteroatoms. The van der Waals surface area contributed by atoms with Gasteiger partial charge in [0.1, 0.15) is 5.75 Å². The molecular formula is C11H17NO. The van der Waals surface area contributed by atoms with Crippen molar-refractivity contribution in [3.63, 3.8) is 0 Å². The van der Waals surface area contributed by atoms with E-state index in [1.54, 1.807) is 6.07 Å². The summed E-state index contributed by atoms with van der Waals surface area (Å²) in [4.78, 5) is 0. The van der Waals surface area contributed by atoms with Crippen molar-refractivity contribution in [3.8, 4) is 5.75 Å². The first-order valence-electron chi connectivity index (χ1n) is 4.47. The third-order valence-corrected chi connectivity index (χ3v) is 2.49. The maximum atomic E-state index is 9.35. The molecule has 0 aliphatic rings. The van der Waals surface area contributed by atoms with E-state index < -0.39 is 0 Å². The van der Waals surface area contributed by atoms with E-state index in [0.29, 0.717) is 12.3 Å². The van der Waals surface area contributed by atoms with Crippen LogP contribution in [0.15, 0.2) is 18.2 Å². The third kappa shape index (κ3) is 2.01. The smallest absolute Gasteiger partial charge is 0.118 e. The Labute approximate surface area is 79.4 Å². The highest BCUT2D eigenvalue weighted by atomic mass is 16.3. The Kier molecular flexibility index (Phi) is 2.62. The van der Waals surface area contributed by atoms with Crippen LogP contribution in [-0.2, 0) is 5.41 Å². The summed E-state index contributed by atoms with van der Waals surface area (Å²) >= 11 is 0. The molecule has 3 N–H and O–H groups in total. The minimum atomic E-state index is -0.0154. The average Bonchev–Trinajstić information content (AvgIpc) is 2.09. The Balaban J connectivity index is 3.10. The summed E-state index contributed by atoms with van der Waals surface area (Å²) in [7, 11) is 0. The summed E-state index contributed by atoms with van der Waals surface area (Å²) in [5.74, 6) is 0.344. The van der Waals surface area contributed by atoms with Crippen LogP contribution in [0, 0.1) is 6.92 Å². The van der Waals surface area contributed by atoms with Gasteiger partial charge < -0.3 is 10.8 Å². The lowest BCUT2D eigenvalue weighted by molar-refractivity contribution is 0.469. The van der Waals surface area contributed by atoms with Crippen molar-refractivity contribution in [1.29, 1.82) is 0 Å². The molecule has 0 bridgehead atoms. The van der Waals surface area contributed by atoms with Crippen LogP contribution in [0.3, 0.4) is 0 Å². The second-order valence-corrected chi connectivity index (χ2v) is 4.09. The molecule has 72 valence electrons. The van der Waals surface area contributed by atoms with Gasteiger partial charge in [0.25, 0.3) is 0 Å². The van der Waals surface area contributed by atoms with Gasteiger partial charge in [0, 0.05) is 12.0 Å². The second-order valence-electron chi connectivity index (χ2n) is 4.09. The number of rotatable bonds is 2. The molecule has 1 aromatic rings. The maximum absolute atomic E-state index is 9.35. The van der Waals surface area contributed by atoms with Crippen molar-refractivity contribution in [3.05, 3.63) is 29.3 Å². The van der Waals surface area contributed by atoms with Gasteiger partial charge in [-0.05, 0) is 24.1 Å². The highest BCUT2D eigenvalue weighted by Crippen LogP contribution is 2.26. The SMILES string of the molecule is Cc1cc(C(C)(C)CN)ccc1O. The standard InChI is InChI=1S/C11H17NO/c1-8-6-9(4-5-10(8)13)11(2,3)7-12/h4-6,13H,7,12H2,1-3H3. The van der Waals surface area contributed by atoms with Crippen LogP contribution in [-0.4, -0.2) is 11.7 Å². The molecular weight excluding hydrogens is 162 g/mol. The zero-order valence-electron chi connectivity index (χ0n) is 8.46. The van der Waals surface area contributed by atoms with Crippen LogP contribution in [0.5, 0.6) is 5.75 Å². The topological polar surface area (TPSA) is 46.2 Å². The fourth-order valence-electron chi connectivity index (χ4n) is 1.19. The van der Waals surface area contributed by atoms with Crippen LogP contribution >= 0.6 is 0 Å². The molecule has 0 unspecified atom stereocenters. The molecule has 0 radical (unpaired) electrons. The number of hydrogen-bond donors (Lipinski definition) is 2. The van der Waals surface area contributed by atoms with E-state index in [2.05, 4.69) is 13.8 Å². The number of hydrogen-bond acceptors (Lipinski definition) is 2. The van der Waals surface area contributed by atoms with Crippen LogP contribution in [0.4, 0.5) is 0 Å². The summed E-state index contributed by atoms with van der Waals surface area (Å²) in [6, 6.07) is 5.64. The quantitative estimate of drug-likeness (QED) is 0.728. The van der Waals surface area contributed by atoms with Gasteiger partial charge in [-0.1, -0.05) is 26.0 Å². The van der Waals surface area contributed by atoms with E-state index in [9.17, 15) is 5.11 Å². The van der Waals surface area contributed by atoms with Gasteiger partial charge in [-0.15, -0.1) is 0 Å². The fraction of sp³-hybridized carbons (Fsp3) is 0.455. The number of aromatic hydroxyl groups is 1. The van der Waals surface area contributed by atoms with Crippen molar-refractivity contribution < 1.29 is 5.11 Å². The second kappa shape index (κ2) is 3.38. The molecule has 0 saturated carbocycles. The Morgan fingerprint density at radius 3 is 2.46 bits per heavy atom. The average molecular weight is 179 g/mol. The van der Waals surface area contributed by atoms with Crippen LogP contribution in [0.2, 0.25) is 0 Å². The molecule has 1 rings (SSSR count). The predicted octanol–water partition coefficient (Wildman–Crippen LogP) is 1.94. The van der Waals surface area contributed by atoms with E-state index >= 15 is 0 Å². The van der Waals surface area contributed by atoms with E-state index in [-0.39, 0.29) is 5.41 Å². The van der Waals surface area contributed by atoms with Crippen molar-refractivity contribution in [2.75, 3.05) is 6.54 Å². The lowest BCUT2D eigenvalue weighted by Crippen LogP contribution is -2.28. The van der Waals surface area contributed by atoms with Crippen molar-refractivity contribution >= 4 is 0 Å². The molecule has 0 fully saturated rings. The molecule has 2 nitrogen and oxygen atoms in total. The highest BCUT2D eigenvalue weighted by Gasteiger charge is 2.18. The number of aryl methyl sites for hydroxylation is 1. The number of nitrogens with two attached hydrogens (primary N) is 1. The maximum Gasteiger partial charge on any atom is 0.118 e. The first kappa shape index (κ1) is 10.1. The minimum absolute atomic E-state index is 0.0154. The van der Waals surface area contributed by atoms with E-state index in [4.69, 9.17) is 5.73 Å². The molecule has 1 aromatic carbocycles. The minimum Gasteiger partial charge on any atom is -0.508 e. The van der Waals surface area contributed by atoms with Crippen LogP contribution in [0.1, 0.15) is 25.0 Å². The fourth-order valence-corrected chi connectivity index (χ4v) is 1.19. The summed E-state index contributed by atoms with van der Waals surface area (Å²) < 4.78 is 0. The highest BCUT2D eigenvalue weighted by molar-refractivity contribution is 5.38. The Hall–Kier alpha value is -1.02. The van der Waals surface area contributed by atoms with Crippen LogP contribution in [0.25, 0.3) is 0 Å². The first-order valence-corrected chi connectivity index (χ1v) is 4.47. The molecule has 0 heterocycles. The lowest BCUT2D eigenvalue weighted by Gasteiger charge is -2.23. The summed E-state index contributed by atoms with van der Waals surface area (Å²) in [6.07, 6.45) is 0. The molecule has 0 aliphatic heterocycles. The summed E-state index contributed by atoms with van der Waals surface area (Å²) in [5.41, 5.74) is 7.72. The van der Waals surface area contributed by atoms with Crippen molar-refractivity contribution in [2.24, 2.45) is 5.73 Å². The van der Waals surface area contributed by atoms with E-state index in [1.165, 1.54) is 5.56 Å². The van der Waals surface area contributed by atoms with Gasteiger partial charge >= 0.3 is 0 Å². The summed E-state index contributed by atoms with van der Waals surface area (Å²) in [5, 5.41) is 9.35. The van der Waals surface area contributed by atoms with Crippen molar-refractivity contribution in [1.82, 2.24) is 0 Å². The third-order valence-electron chi connectivity index (χ3n) is 2.49. The van der Waals surface area contributed by atoms with Crippen LogP contribution < -0.4 is 5.73 Å². The molecule has 0 aliphatic carbocycles. The Morgan fingerprint density at radius 2 is 2.00 bits per heavy atom. The van der Waals surface area contributed by atoms with E-state index in [0.717, 1.165) is 5.56 Å². The number of phenolic OH excluding ortho intramolecular Hbond substituents is 1. The van der Waals surface area contributed by atoms with E-state index in [1.807, 2.05) is 19.1 Å². The number of phenols is 1. The zero-order chi connectivity index (χ0) is 10.1. The predicted molar refractivity (Wildman–Crippen MR) is 54.9 cm³/mol. The Morgan fingerprint density at radius 1 is 1.38 bits per heavy atom. The van der Waals surface area contributed by atoms with Gasteiger partial charge in [-0.3, -0.25) is 0 Å². The van der Waals surface area contributed by atoms with Gasteiger partial charge in [0.05, 0.1) is 0 Å². The van der Waals surface area contributed by atoms with Gasteiger partial charge in [0.15, 0.2) is 0 Å². The lowest BCUT2D eigenvalue weighted by atomic mass is 9.84. The van der Waals surface area contributed by atoms with Crippen molar-refractivity contribution in [2.45, 2.75) is 26.2 Å². The molecule has 0 amide bonds. The molecule has 0 aromatic heterocycles. The molecule has 0 atom stereocenters. The normalized spacial score (nSPS) is 11.7. The molecule has 0 saturated heterocycles. The monoisotopic (exact) mass is 179 g/mol. The molecule has 0 spiro atoms. The largest absolute Gasteiger partial charge is 0.508 e. The number of benzene rings is 1. The summed E-state index contributed by atoms with van der Waals surface area (Å²) in [6.45, 7) is 6.69. The molecule has 13 heavy (non-hydrogen) atoms.